The Hall–Kier alpha value is -1.37. The lowest BCUT2D eigenvalue weighted by atomic mass is 10.0. The first-order chi connectivity index (χ1) is 8.63. The van der Waals surface area contributed by atoms with Crippen molar-refractivity contribution in [2.24, 2.45) is 0 Å². The third-order valence-electron chi connectivity index (χ3n) is 3.16. The summed E-state index contributed by atoms with van der Waals surface area (Å²) >= 11 is 3.41. The number of carbonyl (C=O) groups is 1. The Labute approximate surface area is 113 Å². The van der Waals surface area contributed by atoms with Crippen LogP contribution in [0.3, 0.4) is 0 Å². The van der Waals surface area contributed by atoms with Crippen molar-refractivity contribution in [1.29, 1.82) is 0 Å². The van der Waals surface area contributed by atoms with Gasteiger partial charge >= 0.3 is 5.82 Å². The SMILES string of the molecule is O=C(c1ccc([N+](=O)[O-])[nH]1)N1CCCCC1CBr. The van der Waals surface area contributed by atoms with Gasteiger partial charge in [-0.05, 0) is 30.3 Å². The summed E-state index contributed by atoms with van der Waals surface area (Å²) in [5.74, 6) is -0.307. The maximum Gasteiger partial charge on any atom is 0.321 e. The van der Waals surface area contributed by atoms with Crippen LogP contribution in [0.5, 0.6) is 0 Å². The molecular weight excluding hydrogens is 302 g/mol. The van der Waals surface area contributed by atoms with Crippen molar-refractivity contribution in [3.8, 4) is 0 Å². The summed E-state index contributed by atoms with van der Waals surface area (Å²) in [6.07, 6.45) is 3.07. The molecule has 1 amide bonds. The number of amides is 1. The van der Waals surface area contributed by atoms with E-state index in [1.54, 1.807) is 4.90 Å². The molecule has 2 heterocycles. The summed E-state index contributed by atoms with van der Waals surface area (Å²) in [6.45, 7) is 0.710. The number of aromatic amines is 1. The van der Waals surface area contributed by atoms with Gasteiger partial charge in [-0.3, -0.25) is 4.79 Å². The van der Waals surface area contributed by atoms with Crippen LogP contribution in [0.15, 0.2) is 12.1 Å². The van der Waals surface area contributed by atoms with Crippen molar-refractivity contribution < 1.29 is 9.72 Å². The van der Waals surface area contributed by atoms with Gasteiger partial charge in [-0.1, -0.05) is 15.9 Å². The summed E-state index contributed by atoms with van der Waals surface area (Å²) < 4.78 is 0. The molecule has 1 unspecified atom stereocenters. The van der Waals surface area contributed by atoms with Gasteiger partial charge in [0.1, 0.15) is 0 Å². The van der Waals surface area contributed by atoms with E-state index in [0.29, 0.717) is 6.54 Å². The number of alkyl halides is 1. The van der Waals surface area contributed by atoms with Crippen LogP contribution in [0.2, 0.25) is 0 Å². The van der Waals surface area contributed by atoms with Crippen molar-refractivity contribution in [2.45, 2.75) is 25.3 Å². The second kappa shape index (κ2) is 5.51. The quantitative estimate of drug-likeness (QED) is 0.528. The summed E-state index contributed by atoms with van der Waals surface area (Å²) in [4.78, 5) is 26.6. The Morgan fingerprint density at radius 3 is 2.94 bits per heavy atom. The standard InChI is InChI=1S/C11H14BrN3O3/c12-7-8-3-1-2-6-14(8)11(16)9-4-5-10(13-9)15(17)18/h4-5,8,13H,1-3,6-7H2. The number of aromatic nitrogens is 1. The Kier molecular flexibility index (Phi) is 4.00. The molecular formula is C11H14BrN3O3. The molecule has 1 saturated heterocycles. The third kappa shape index (κ3) is 2.55. The van der Waals surface area contributed by atoms with Crippen LogP contribution < -0.4 is 0 Å². The molecule has 98 valence electrons. The molecule has 1 aromatic rings. The van der Waals surface area contributed by atoms with Crippen LogP contribution in [0.25, 0.3) is 0 Å². The molecule has 1 N–H and O–H groups in total. The molecule has 1 fully saturated rings. The topological polar surface area (TPSA) is 79.2 Å². The van der Waals surface area contributed by atoms with Gasteiger partial charge in [0.15, 0.2) is 5.69 Å². The van der Waals surface area contributed by atoms with Gasteiger partial charge in [0.05, 0.1) is 0 Å². The highest BCUT2D eigenvalue weighted by Crippen LogP contribution is 2.21. The van der Waals surface area contributed by atoms with Crippen molar-refractivity contribution in [1.82, 2.24) is 9.88 Å². The van der Waals surface area contributed by atoms with Gasteiger partial charge in [0, 0.05) is 24.0 Å². The zero-order valence-corrected chi connectivity index (χ0v) is 11.4. The monoisotopic (exact) mass is 315 g/mol. The van der Waals surface area contributed by atoms with Crippen LogP contribution in [-0.2, 0) is 0 Å². The van der Waals surface area contributed by atoms with Crippen LogP contribution >= 0.6 is 15.9 Å². The van der Waals surface area contributed by atoms with Crippen molar-refractivity contribution in [3.63, 3.8) is 0 Å². The molecule has 1 atom stereocenters. The Bertz CT molecular complexity index is 460. The van der Waals surface area contributed by atoms with E-state index in [9.17, 15) is 14.9 Å². The Morgan fingerprint density at radius 1 is 1.56 bits per heavy atom. The van der Waals surface area contributed by atoms with Crippen LogP contribution in [0, 0.1) is 10.1 Å². The lowest BCUT2D eigenvalue weighted by Crippen LogP contribution is -2.44. The molecule has 0 radical (unpaired) electrons. The number of likely N-dealkylation sites (tertiary alicyclic amines) is 1. The fraction of sp³-hybridized carbons (Fsp3) is 0.545. The zero-order chi connectivity index (χ0) is 13.1. The molecule has 1 aromatic heterocycles. The first-order valence-corrected chi connectivity index (χ1v) is 6.96. The first-order valence-electron chi connectivity index (χ1n) is 5.84. The maximum atomic E-state index is 12.3. The zero-order valence-electron chi connectivity index (χ0n) is 9.76. The molecule has 0 bridgehead atoms. The number of rotatable bonds is 3. The fourth-order valence-corrected chi connectivity index (χ4v) is 2.87. The number of nitrogens with one attached hydrogen (secondary N) is 1. The van der Waals surface area contributed by atoms with Crippen molar-refractivity contribution >= 4 is 27.7 Å². The summed E-state index contributed by atoms with van der Waals surface area (Å²) in [6, 6.07) is 2.97. The summed E-state index contributed by atoms with van der Waals surface area (Å²) in [5.41, 5.74) is 0.287. The Morgan fingerprint density at radius 2 is 2.33 bits per heavy atom. The minimum absolute atomic E-state index is 0.147. The Balaban J connectivity index is 2.15. The highest BCUT2D eigenvalue weighted by Gasteiger charge is 2.29. The predicted molar refractivity (Wildman–Crippen MR) is 69.9 cm³/mol. The number of hydrogen-bond acceptors (Lipinski definition) is 3. The second-order valence-corrected chi connectivity index (χ2v) is 4.96. The van der Waals surface area contributed by atoms with Gasteiger partial charge < -0.3 is 15.0 Å². The van der Waals surface area contributed by atoms with Crippen molar-refractivity contribution in [2.75, 3.05) is 11.9 Å². The van der Waals surface area contributed by atoms with E-state index >= 15 is 0 Å². The molecule has 0 aromatic carbocycles. The summed E-state index contributed by atoms with van der Waals surface area (Å²) in [7, 11) is 0. The van der Waals surface area contributed by atoms with E-state index in [0.717, 1.165) is 24.6 Å². The maximum absolute atomic E-state index is 12.3. The lowest BCUT2D eigenvalue weighted by Gasteiger charge is -2.33. The largest absolute Gasteiger partial charge is 0.358 e. The molecule has 18 heavy (non-hydrogen) atoms. The third-order valence-corrected chi connectivity index (χ3v) is 3.91. The molecule has 0 saturated carbocycles. The molecule has 0 aliphatic carbocycles. The predicted octanol–water partition coefficient (Wildman–Crippen LogP) is 2.31. The highest BCUT2D eigenvalue weighted by atomic mass is 79.9. The van der Waals surface area contributed by atoms with Gasteiger partial charge in [-0.2, -0.15) is 0 Å². The van der Waals surface area contributed by atoms with E-state index in [4.69, 9.17) is 0 Å². The van der Waals surface area contributed by atoms with Crippen LogP contribution in [-0.4, -0.2) is 38.6 Å². The number of halogens is 1. The van der Waals surface area contributed by atoms with Crippen molar-refractivity contribution in [3.05, 3.63) is 27.9 Å². The summed E-state index contributed by atoms with van der Waals surface area (Å²) in [5, 5.41) is 11.3. The van der Waals surface area contributed by atoms with Gasteiger partial charge in [0.2, 0.25) is 0 Å². The number of H-pyrrole nitrogens is 1. The normalized spacial score (nSPS) is 19.8. The average molecular weight is 316 g/mol. The number of nitrogens with zero attached hydrogens (tertiary/aromatic N) is 2. The smallest absolute Gasteiger partial charge is 0.321 e. The van der Waals surface area contributed by atoms with Gasteiger partial charge in [0.25, 0.3) is 5.91 Å². The van der Waals surface area contributed by atoms with E-state index in [1.807, 2.05) is 0 Å². The number of piperidine rings is 1. The van der Waals surface area contributed by atoms with E-state index in [1.165, 1.54) is 12.1 Å². The van der Waals surface area contributed by atoms with Gasteiger partial charge in [-0.15, -0.1) is 0 Å². The lowest BCUT2D eigenvalue weighted by molar-refractivity contribution is -0.389. The number of hydrogen-bond donors (Lipinski definition) is 1. The fourth-order valence-electron chi connectivity index (χ4n) is 2.20. The van der Waals surface area contributed by atoms with Crippen LogP contribution in [0.1, 0.15) is 29.8 Å². The molecule has 6 nitrogen and oxygen atoms in total. The molecule has 0 spiro atoms. The minimum atomic E-state index is -0.533. The number of nitro groups is 1. The molecule has 1 aliphatic rings. The molecule has 1 aliphatic heterocycles. The van der Waals surface area contributed by atoms with E-state index in [-0.39, 0.29) is 23.5 Å². The van der Waals surface area contributed by atoms with Crippen LogP contribution in [0.4, 0.5) is 5.82 Å². The minimum Gasteiger partial charge on any atom is -0.358 e. The molecule has 7 heteroatoms. The first kappa shape index (κ1) is 13.1. The van der Waals surface area contributed by atoms with Gasteiger partial charge in [-0.25, -0.2) is 4.98 Å². The van der Waals surface area contributed by atoms with E-state index in [2.05, 4.69) is 20.9 Å². The molecule has 2 rings (SSSR count). The number of carbonyl (C=O) groups excluding carboxylic acids is 1. The highest BCUT2D eigenvalue weighted by molar-refractivity contribution is 9.09. The average Bonchev–Trinajstić information content (AvgIpc) is 2.87. The van der Waals surface area contributed by atoms with E-state index < -0.39 is 4.92 Å². The second-order valence-electron chi connectivity index (χ2n) is 4.32.